The highest BCUT2D eigenvalue weighted by Crippen LogP contribution is 2.21. The molecule has 0 aliphatic carbocycles. The van der Waals surface area contributed by atoms with Crippen molar-refractivity contribution in [3.8, 4) is 5.75 Å². The van der Waals surface area contributed by atoms with E-state index < -0.39 is 21.8 Å². The van der Waals surface area contributed by atoms with Gasteiger partial charge in [0.05, 0.1) is 24.1 Å². The molecule has 0 aliphatic heterocycles. The van der Waals surface area contributed by atoms with Gasteiger partial charge in [0.2, 0.25) is 10.0 Å². The number of nitrogens with two attached hydrogens (primary N) is 1. The molecule has 0 spiro atoms. The Morgan fingerprint density at radius 1 is 1.07 bits per heavy atom. The fourth-order valence-corrected chi connectivity index (χ4v) is 2.67. The first-order chi connectivity index (χ1) is 12.7. The number of anilines is 1. The minimum Gasteiger partial charge on any atom is -0.496 e. The van der Waals surface area contributed by atoms with Gasteiger partial charge in [0.15, 0.2) is 0 Å². The number of carbonyl (C=O) groups is 2. The highest BCUT2D eigenvalue weighted by molar-refractivity contribution is 7.89. The summed E-state index contributed by atoms with van der Waals surface area (Å²) in [5, 5.41) is 7.97. The Morgan fingerprint density at radius 2 is 1.74 bits per heavy atom. The number of nitrogens with one attached hydrogen (secondary N) is 3. The molecule has 2 aromatic carbocycles. The lowest BCUT2D eigenvalue weighted by molar-refractivity contribution is -0.120. The van der Waals surface area contributed by atoms with E-state index in [2.05, 4.69) is 16.2 Å². The molecule has 5 N–H and O–H groups in total. The summed E-state index contributed by atoms with van der Waals surface area (Å²) in [5.74, 6) is -1.11. The van der Waals surface area contributed by atoms with Crippen LogP contribution in [0.25, 0.3) is 0 Å². The zero-order chi connectivity index (χ0) is 20.0. The molecule has 0 fully saturated rings. The molecular formula is C17H20N4O5S. The Labute approximate surface area is 156 Å². The fraction of sp³-hybridized carbons (Fsp3) is 0.176. The highest BCUT2D eigenvalue weighted by atomic mass is 32.2. The van der Waals surface area contributed by atoms with Gasteiger partial charge in [0.1, 0.15) is 5.75 Å². The SMILES string of the molecule is COc1ccc(S(N)(=O)=O)cc1C(=O)NNC(=O)CNc1ccc(C)cc1. The van der Waals surface area contributed by atoms with Crippen LogP contribution in [0.5, 0.6) is 5.75 Å². The minimum atomic E-state index is -3.99. The summed E-state index contributed by atoms with van der Waals surface area (Å²) < 4.78 is 27.9. The van der Waals surface area contributed by atoms with Gasteiger partial charge in [0, 0.05) is 5.69 Å². The van der Waals surface area contributed by atoms with Gasteiger partial charge in [-0.15, -0.1) is 0 Å². The summed E-state index contributed by atoms with van der Waals surface area (Å²) in [7, 11) is -2.66. The maximum atomic E-state index is 12.3. The lowest BCUT2D eigenvalue weighted by atomic mass is 10.2. The van der Waals surface area contributed by atoms with Crippen LogP contribution in [0, 0.1) is 6.92 Å². The van der Waals surface area contributed by atoms with E-state index in [-0.39, 0.29) is 22.8 Å². The number of hydrazine groups is 1. The molecule has 0 atom stereocenters. The number of hydrogen-bond acceptors (Lipinski definition) is 6. The standard InChI is InChI=1S/C17H20N4O5S/c1-11-3-5-12(6-4-11)19-10-16(22)20-21-17(23)14-9-13(27(18,24)25)7-8-15(14)26-2/h3-9,19H,10H2,1-2H3,(H,20,22)(H,21,23)(H2,18,24,25). The normalized spacial score (nSPS) is 10.8. The number of primary sulfonamides is 1. The summed E-state index contributed by atoms with van der Waals surface area (Å²) in [6.45, 7) is 1.88. The van der Waals surface area contributed by atoms with Crippen molar-refractivity contribution >= 4 is 27.5 Å². The lowest BCUT2D eigenvalue weighted by Crippen LogP contribution is -2.44. The van der Waals surface area contributed by atoms with Crippen molar-refractivity contribution in [1.29, 1.82) is 0 Å². The average molecular weight is 392 g/mol. The van der Waals surface area contributed by atoms with Crippen LogP contribution < -0.4 is 26.0 Å². The molecule has 0 saturated heterocycles. The van der Waals surface area contributed by atoms with E-state index in [1.54, 1.807) is 0 Å². The van der Waals surface area contributed by atoms with Crippen molar-refractivity contribution in [2.75, 3.05) is 19.0 Å². The number of rotatable bonds is 6. The maximum Gasteiger partial charge on any atom is 0.273 e. The first-order valence-electron chi connectivity index (χ1n) is 7.81. The number of amides is 2. The second kappa shape index (κ2) is 8.52. The summed E-state index contributed by atoms with van der Waals surface area (Å²) >= 11 is 0. The van der Waals surface area contributed by atoms with E-state index in [0.717, 1.165) is 17.3 Å². The largest absolute Gasteiger partial charge is 0.496 e. The zero-order valence-corrected chi connectivity index (χ0v) is 15.6. The number of sulfonamides is 1. The molecule has 0 saturated carbocycles. The van der Waals surface area contributed by atoms with E-state index in [1.165, 1.54) is 19.2 Å². The number of methoxy groups -OCH3 is 1. The zero-order valence-electron chi connectivity index (χ0n) is 14.8. The minimum absolute atomic E-state index is 0.0717. The third-order valence-electron chi connectivity index (χ3n) is 3.56. The molecular weight excluding hydrogens is 372 g/mol. The van der Waals surface area contributed by atoms with E-state index >= 15 is 0 Å². The molecule has 27 heavy (non-hydrogen) atoms. The molecule has 0 heterocycles. The predicted molar refractivity (Wildman–Crippen MR) is 99.6 cm³/mol. The number of ether oxygens (including phenoxy) is 1. The van der Waals surface area contributed by atoms with Crippen LogP contribution >= 0.6 is 0 Å². The van der Waals surface area contributed by atoms with Gasteiger partial charge in [-0.05, 0) is 37.3 Å². The molecule has 0 unspecified atom stereocenters. The van der Waals surface area contributed by atoms with Crippen LogP contribution in [-0.4, -0.2) is 33.9 Å². The molecule has 2 rings (SSSR count). The first kappa shape index (κ1) is 20.2. The van der Waals surface area contributed by atoms with Gasteiger partial charge in [-0.3, -0.25) is 20.4 Å². The van der Waals surface area contributed by atoms with Gasteiger partial charge in [-0.1, -0.05) is 17.7 Å². The monoisotopic (exact) mass is 392 g/mol. The Balaban J connectivity index is 1.98. The van der Waals surface area contributed by atoms with Crippen LogP contribution in [0.3, 0.4) is 0 Å². The molecule has 2 aromatic rings. The summed E-state index contributed by atoms with van der Waals surface area (Å²) in [6.07, 6.45) is 0. The van der Waals surface area contributed by atoms with Gasteiger partial charge < -0.3 is 10.1 Å². The number of carbonyl (C=O) groups excluding carboxylic acids is 2. The van der Waals surface area contributed by atoms with Gasteiger partial charge >= 0.3 is 0 Å². The molecule has 0 aliphatic rings. The predicted octanol–water partition coefficient (Wildman–Crippen LogP) is 0.524. The maximum absolute atomic E-state index is 12.3. The van der Waals surface area contributed by atoms with Gasteiger partial charge in [-0.25, -0.2) is 13.6 Å². The van der Waals surface area contributed by atoms with E-state index in [1.807, 2.05) is 31.2 Å². The third kappa shape index (κ3) is 5.69. The summed E-state index contributed by atoms with van der Waals surface area (Å²) in [6, 6.07) is 11.0. The second-order valence-electron chi connectivity index (χ2n) is 5.63. The van der Waals surface area contributed by atoms with E-state index in [9.17, 15) is 18.0 Å². The first-order valence-corrected chi connectivity index (χ1v) is 9.36. The number of aryl methyl sites for hydroxylation is 1. The van der Waals surface area contributed by atoms with Crippen molar-refractivity contribution in [1.82, 2.24) is 10.9 Å². The van der Waals surface area contributed by atoms with Gasteiger partial charge in [-0.2, -0.15) is 0 Å². The Morgan fingerprint density at radius 3 is 2.33 bits per heavy atom. The molecule has 9 nitrogen and oxygen atoms in total. The lowest BCUT2D eigenvalue weighted by Gasteiger charge is -2.12. The molecule has 0 bridgehead atoms. The summed E-state index contributed by atoms with van der Waals surface area (Å²) in [5.41, 5.74) is 6.20. The van der Waals surface area contributed by atoms with Crippen molar-refractivity contribution in [3.63, 3.8) is 0 Å². The molecule has 144 valence electrons. The quantitative estimate of drug-likeness (QED) is 0.529. The van der Waals surface area contributed by atoms with Crippen LogP contribution in [-0.2, 0) is 14.8 Å². The Bertz CT molecular complexity index is 942. The summed E-state index contributed by atoms with van der Waals surface area (Å²) in [4.78, 5) is 23.9. The molecule has 0 aromatic heterocycles. The van der Waals surface area contributed by atoms with Crippen molar-refractivity contribution in [3.05, 3.63) is 53.6 Å². The Hall–Kier alpha value is -3.11. The van der Waals surface area contributed by atoms with E-state index in [4.69, 9.17) is 9.88 Å². The van der Waals surface area contributed by atoms with Crippen LogP contribution in [0.15, 0.2) is 47.4 Å². The van der Waals surface area contributed by atoms with Crippen molar-refractivity contribution in [2.24, 2.45) is 5.14 Å². The Kier molecular flexibility index (Phi) is 6.37. The third-order valence-corrected chi connectivity index (χ3v) is 4.48. The van der Waals surface area contributed by atoms with Crippen LogP contribution in [0.1, 0.15) is 15.9 Å². The topological polar surface area (TPSA) is 140 Å². The van der Waals surface area contributed by atoms with E-state index in [0.29, 0.717) is 0 Å². The highest BCUT2D eigenvalue weighted by Gasteiger charge is 2.17. The second-order valence-corrected chi connectivity index (χ2v) is 7.19. The van der Waals surface area contributed by atoms with Crippen molar-refractivity contribution in [2.45, 2.75) is 11.8 Å². The number of hydrogen-bond donors (Lipinski definition) is 4. The molecule has 0 radical (unpaired) electrons. The fourth-order valence-electron chi connectivity index (χ4n) is 2.13. The molecule has 2 amide bonds. The van der Waals surface area contributed by atoms with Crippen molar-refractivity contribution < 1.29 is 22.7 Å². The molecule has 10 heteroatoms. The smallest absolute Gasteiger partial charge is 0.273 e. The van der Waals surface area contributed by atoms with Gasteiger partial charge in [0.25, 0.3) is 11.8 Å². The van der Waals surface area contributed by atoms with Crippen LogP contribution in [0.2, 0.25) is 0 Å². The van der Waals surface area contributed by atoms with Crippen LogP contribution in [0.4, 0.5) is 5.69 Å². The average Bonchev–Trinajstić information content (AvgIpc) is 2.64. The number of benzene rings is 2.